The molecule has 0 aliphatic rings. The Morgan fingerprint density at radius 1 is 0.852 bits per heavy atom. The number of anilines is 1. The average molecular weight is 375 g/mol. The second-order valence-corrected chi connectivity index (χ2v) is 6.12. The lowest BCUT2D eigenvalue weighted by molar-refractivity contribution is 0.340. The highest BCUT2D eigenvalue weighted by atomic mass is 32.1. The Labute approximate surface area is 164 Å². The summed E-state index contributed by atoms with van der Waals surface area (Å²) >= 11 is 5.38. The lowest BCUT2D eigenvalue weighted by Crippen LogP contribution is -2.25. The van der Waals surface area contributed by atoms with Crippen LogP contribution in [0.15, 0.2) is 90.0 Å². The monoisotopic (exact) mass is 375 g/mol. The van der Waals surface area contributed by atoms with E-state index in [2.05, 4.69) is 15.8 Å². The molecule has 27 heavy (non-hydrogen) atoms. The quantitative estimate of drug-likeness (QED) is 0.368. The van der Waals surface area contributed by atoms with Crippen molar-refractivity contribution < 1.29 is 4.74 Å². The Bertz CT molecular complexity index is 852. The minimum Gasteiger partial charge on any atom is -0.494 e. The Morgan fingerprint density at radius 2 is 1.41 bits per heavy atom. The molecule has 0 fully saturated rings. The first kappa shape index (κ1) is 18.6. The number of ether oxygens (including phenoxy) is 1. The van der Waals surface area contributed by atoms with Gasteiger partial charge in [0.1, 0.15) is 5.75 Å². The second-order valence-electron chi connectivity index (χ2n) is 5.72. The van der Waals surface area contributed by atoms with Gasteiger partial charge in [-0.2, -0.15) is 5.10 Å². The van der Waals surface area contributed by atoms with E-state index >= 15 is 0 Å². The van der Waals surface area contributed by atoms with Crippen molar-refractivity contribution in [2.24, 2.45) is 5.10 Å². The maximum Gasteiger partial charge on any atom is 0.191 e. The number of nitrogens with zero attached hydrogens (tertiary/aromatic N) is 1. The van der Waals surface area contributed by atoms with Crippen molar-refractivity contribution in [1.29, 1.82) is 0 Å². The first-order valence-electron chi connectivity index (χ1n) is 8.74. The number of hydrogen-bond donors (Lipinski definition) is 2. The standard InChI is InChI=1S/C22H21N3OS/c1-2-26-20-15-13-19(14-16-20)23-22(27)25-24-21(17-9-5-3-6-10-17)18-11-7-4-8-12-18/h3-16H,2H2,1H3,(H2,23,25,27). The Kier molecular flexibility index (Phi) is 6.55. The molecule has 0 heterocycles. The number of hydrazone groups is 1. The van der Waals surface area contributed by atoms with Crippen molar-refractivity contribution in [3.05, 3.63) is 96.1 Å². The van der Waals surface area contributed by atoms with Crippen LogP contribution in [0, 0.1) is 0 Å². The van der Waals surface area contributed by atoms with Crippen LogP contribution in [0.2, 0.25) is 0 Å². The number of hydrogen-bond acceptors (Lipinski definition) is 3. The van der Waals surface area contributed by atoms with Gasteiger partial charge in [-0.3, -0.25) is 5.43 Å². The Balaban J connectivity index is 1.73. The molecule has 0 saturated heterocycles. The topological polar surface area (TPSA) is 45.6 Å². The van der Waals surface area contributed by atoms with Crippen LogP contribution < -0.4 is 15.5 Å². The highest BCUT2D eigenvalue weighted by Gasteiger charge is 2.07. The van der Waals surface area contributed by atoms with Gasteiger partial charge in [0.15, 0.2) is 5.11 Å². The molecule has 3 rings (SSSR count). The fraction of sp³-hybridized carbons (Fsp3) is 0.0909. The Hall–Kier alpha value is -3.18. The van der Waals surface area contributed by atoms with E-state index in [-0.39, 0.29) is 0 Å². The molecule has 136 valence electrons. The van der Waals surface area contributed by atoms with Crippen molar-refractivity contribution in [3.63, 3.8) is 0 Å². The zero-order valence-electron chi connectivity index (χ0n) is 15.1. The lowest BCUT2D eigenvalue weighted by atomic mass is 10.0. The van der Waals surface area contributed by atoms with E-state index in [1.807, 2.05) is 91.9 Å². The van der Waals surface area contributed by atoms with Gasteiger partial charge in [-0.05, 0) is 43.4 Å². The van der Waals surface area contributed by atoms with Crippen LogP contribution in [-0.2, 0) is 0 Å². The second kappa shape index (κ2) is 9.50. The van der Waals surface area contributed by atoms with Gasteiger partial charge in [-0.25, -0.2) is 0 Å². The predicted octanol–water partition coefficient (Wildman–Crippen LogP) is 4.82. The molecule has 0 amide bonds. The Morgan fingerprint density at radius 3 is 1.93 bits per heavy atom. The van der Waals surface area contributed by atoms with Crippen LogP contribution in [0.4, 0.5) is 5.69 Å². The molecule has 0 atom stereocenters. The van der Waals surface area contributed by atoms with Crippen molar-refractivity contribution in [2.45, 2.75) is 6.92 Å². The molecule has 3 aromatic carbocycles. The van der Waals surface area contributed by atoms with E-state index in [0.717, 1.165) is 28.3 Å². The molecule has 0 bridgehead atoms. The average Bonchev–Trinajstić information content (AvgIpc) is 2.71. The van der Waals surface area contributed by atoms with E-state index in [1.54, 1.807) is 0 Å². The molecule has 3 aromatic rings. The van der Waals surface area contributed by atoms with Crippen molar-refractivity contribution in [3.8, 4) is 5.75 Å². The third-order valence-electron chi connectivity index (χ3n) is 3.79. The number of benzene rings is 3. The minimum atomic E-state index is 0.420. The lowest BCUT2D eigenvalue weighted by Gasteiger charge is -2.11. The zero-order valence-corrected chi connectivity index (χ0v) is 15.9. The van der Waals surface area contributed by atoms with Crippen molar-refractivity contribution in [2.75, 3.05) is 11.9 Å². The molecule has 2 N–H and O–H groups in total. The van der Waals surface area contributed by atoms with Gasteiger partial charge < -0.3 is 10.1 Å². The SMILES string of the molecule is CCOc1ccc(NC(=S)NN=C(c2ccccc2)c2ccccc2)cc1. The summed E-state index contributed by atoms with van der Waals surface area (Å²) in [5, 5.41) is 8.09. The molecular weight excluding hydrogens is 354 g/mol. The first-order valence-corrected chi connectivity index (χ1v) is 9.15. The molecule has 5 heteroatoms. The third kappa shape index (κ3) is 5.39. The van der Waals surface area contributed by atoms with Crippen LogP contribution in [-0.4, -0.2) is 17.4 Å². The molecule has 0 aliphatic carbocycles. The fourth-order valence-electron chi connectivity index (χ4n) is 2.55. The van der Waals surface area contributed by atoms with Gasteiger partial charge in [0.2, 0.25) is 0 Å². The van der Waals surface area contributed by atoms with Gasteiger partial charge in [-0.1, -0.05) is 60.7 Å². The van der Waals surface area contributed by atoms with Crippen LogP contribution >= 0.6 is 12.2 Å². The minimum absolute atomic E-state index is 0.420. The summed E-state index contributed by atoms with van der Waals surface area (Å²) in [5.41, 5.74) is 6.67. The molecule has 0 aliphatic heterocycles. The number of nitrogens with one attached hydrogen (secondary N) is 2. The summed E-state index contributed by atoms with van der Waals surface area (Å²) in [4.78, 5) is 0. The van der Waals surface area contributed by atoms with E-state index in [9.17, 15) is 0 Å². The summed E-state index contributed by atoms with van der Waals surface area (Å²) in [7, 11) is 0. The number of thiocarbonyl (C=S) groups is 1. The number of rotatable bonds is 6. The first-order chi connectivity index (χ1) is 13.3. The highest BCUT2D eigenvalue weighted by Crippen LogP contribution is 2.15. The van der Waals surface area contributed by atoms with E-state index in [0.29, 0.717) is 11.7 Å². The predicted molar refractivity (Wildman–Crippen MR) is 115 cm³/mol. The van der Waals surface area contributed by atoms with E-state index < -0.39 is 0 Å². The van der Waals surface area contributed by atoms with Gasteiger partial charge >= 0.3 is 0 Å². The largest absolute Gasteiger partial charge is 0.494 e. The van der Waals surface area contributed by atoms with E-state index in [4.69, 9.17) is 17.0 Å². The molecule has 4 nitrogen and oxygen atoms in total. The summed E-state index contributed by atoms with van der Waals surface area (Å²) in [6.45, 7) is 2.60. The molecule has 0 unspecified atom stereocenters. The summed E-state index contributed by atoms with van der Waals surface area (Å²) in [6.07, 6.45) is 0. The molecule has 0 saturated carbocycles. The van der Waals surface area contributed by atoms with Crippen LogP contribution in [0.5, 0.6) is 5.75 Å². The summed E-state index contributed by atoms with van der Waals surface area (Å²) in [6, 6.07) is 27.7. The summed E-state index contributed by atoms with van der Waals surface area (Å²) in [5.74, 6) is 0.829. The third-order valence-corrected chi connectivity index (χ3v) is 3.98. The molecular formula is C22H21N3OS. The van der Waals surface area contributed by atoms with Gasteiger partial charge in [0.05, 0.1) is 12.3 Å². The van der Waals surface area contributed by atoms with Crippen molar-refractivity contribution in [1.82, 2.24) is 5.43 Å². The molecule has 0 aromatic heterocycles. The fourth-order valence-corrected chi connectivity index (χ4v) is 2.72. The normalized spacial score (nSPS) is 9.96. The van der Waals surface area contributed by atoms with Crippen LogP contribution in [0.25, 0.3) is 0 Å². The molecule has 0 spiro atoms. The van der Waals surface area contributed by atoms with Crippen LogP contribution in [0.3, 0.4) is 0 Å². The van der Waals surface area contributed by atoms with E-state index in [1.165, 1.54) is 0 Å². The maximum atomic E-state index is 5.44. The zero-order chi connectivity index (χ0) is 18.9. The van der Waals surface area contributed by atoms with Crippen molar-refractivity contribution >= 4 is 28.7 Å². The smallest absolute Gasteiger partial charge is 0.191 e. The van der Waals surface area contributed by atoms with Gasteiger partial charge in [0, 0.05) is 16.8 Å². The van der Waals surface area contributed by atoms with Gasteiger partial charge in [-0.15, -0.1) is 0 Å². The van der Waals surface area contributed by atoms with Gasteiger partial charge in [0.25, 0.3) is 0 Å². The molecule has 0 radical (unpaired) electrons. The highest BCUT2D eigenvalue weighted by molar-refractivity contribution is 7.80. The summed E-state index contributed by atoms with van der Waals surface area (Å²) < 4.78 is 5.44. The maximum absolute atomic E-state index is 5.44. The van der Waals surface area contributed by atoms with Crippen LogP contribution in [0.1, 0.15) is 18.1 Å².